The SMILES string of the molecule is CC1(C)CCC(Oc2nc3ccccc3nc2N)CC1. The lowest BCUT2D eigenvalue weighted by Crippen LogP contribution is -2.28. The highest BCUT2D eigenvalue weighted by atomic mass is 16.5. The third kappa shape index (κ3) is 2.69. The number of fused-ring (bicyclic) bond motifs is 1. The summed E-state index contributed by atoms with van der Waals surface area (Å²) in [7, 11) is 0. The number of ether oxygens (including phenoxy) is 1. The van der Waals surface area contributed by atoms with E-state index in [1.165, 1.54) is 12.8 Å². The van der Waals surface area contributed by atoms with Crippen LogP contribution < -0.4 is 10.5 Å². The van der Waals surface area contributed by atoms with Crippen LogP contribution in [-0.4, -0.2) is 16.1 Å². The number of nitrogens with zero attached hydrogens (tertiary/aromatic N) is 2. The van der Waals surface area contributed by atoms with Crippen LogP contribution >= 0.6 is 0 Å². The minimum atomic E-state index is 0.209. The van der Waals surface area contributed by atoms with Gasteiger partial charge in [-0.2, -0.15) is 0 Å². The Hall–Kier alpha value is -1.84. The Morgan fingerprint density at radius 2 is 1.70 bits per heavy atom. The predicted molar refractivity (Wildman–Crippen MR) is 80.6 cm³/mol. The van der Waals surface area contributed by atoms with Crippen molar-refractivity contribution >= 4 is 16.9 Å². The van der Waals surface area contributed by atoms with Gasteiger partial charge in [-0.3, -0.25) is 0 Å². The number of rotatable bonds is 2. The van der Waals surface area contributed by atoms with Gasteiger partial charge in [0.15, 0.2) is 5.82 Å². The van der Waals surface area contributed by atoms with Gasteiger partial charge in [-0.1, -0.05) is 26.0 Å². The molecule has 1 aromatic carbocycles. The second-order valence-electron chi connectivity index (χ2n) is 6.38. The van der Waals surface area contributed by atoms with Crippen LogP contribution in [0.2, 0.25) is 0 Å². The lowest BCUT2D eigenvalue weighted by atomic mass is 9.76. The first kappa shape index (κ1) is 13.2. The van der Waals surface area contributed by atoms with E-state index >= 15 is 0 Å². The fraction of sp³-hybridized carbons (Fsp3) is 0.500. The van der Waals surface area contributed by atoms with Crippen LogP contribution in [0.3, 0.4) is 0 Å². The minimum Gasteiger partial charge on any atom is -0.472 e. The van der Waals surface area contributed by atoms with Crippen LogP contribution in [0.4, 0.5) is 5.82 Å². The zero-order chi connectivity index (χ0) is 14.2. The molecule has 0 saturated heterocycles. The van der Waals surface area contributed by atoms with Crippen LogP contribution in [0.5, 0.6) is 5.88 Å². The van der Waals surface area contributed by atoms with E-state index in [2.05, 4.69) is 23.8 Å². The zero-order valence-corrected chi connectivity index (χ0v) is 12.1. The third-order valence-corrected chi connectivity index (χ3v) is 4.13. The van der Waals surface area contributed by atoms with E-state index < -0.39 is 0 Å². The van der Waals surface area contributed by atoms with E-state index in [1.54, 1.807) is 0 Å². The molecule has 0 radical (unpaired) electrons. The summed E-state index contributed by atoms with van der Waals surface area (Å²) in [6, 6.07) is 7.71. The molecule has 2 aromatic rings. The topological polar surface area (TPSA) is 61.0 Å². The van der Waals surface area contributed by atoms with E-state index in [4.69, 9.17) is 10.5 Å². The van der Waals surface area contributed by atoms with E-state index in [-0.39, 0.29) is 6.10 Å². The summed E-state index contributed by atoms with van der Waals surface area (Å²) in [5.74, 6) is 0.863. The molecule has 1 heterocycles. The maximum atomic E-state index is 5.99. The van der Waals surface area contributed by atoms with Gasteiger partial charge in [-0.15, -0.1) is 0 Å². The molecular weight excluding hydrogens is 250 g/mol. The highest BCUT2D eigenvalue weighted by molar-refractivity contribution is 5.76. The van der Waals surface area contributed by atoms with Gasteiger partial charge in [0.25, 0.3) is 5.88 Å². The first-order valence-corrected chi connectivity index (χ1v) is 7.22. The van der Waals surface area contributed by atoms with Gasteiger partial charge >= 0.3 is 0 Å². The summed E-state index contributed by atoms with van der Waals surface area (Å²) >= 11 is 0. The normalized spacial score (nSPS) is 19.1. The van der Waals surface area contributed by atoms with Gasteiger partial charge in [0.1, 0.15) is 6.10 Å². The van der Waals surface area contributed by atoms with Gasteiger partial charge in [0.05, 0.1) is 11.0 Å². The Bertz CT molecular complexity index is 614. The summed E-state index contributed by atoms with van der Waals surface area (Å²) < 4.78 is 5.99. The van der Waals surface area contributed by atoms with Crippen molar-refractivity contribution < 1.29 is 4.74 Å². The number of benzene rings is 1. The van der Waals surface area contributed by atoms with Crippen molar-refractivity contribution in [2.24, 2.45) is 5.41 Å². The van der Waals surface area contributed by atoms with Gasteiger partial charge in [0.2, 0.25) is 0 Å². The average molecular weight is 271 g/mol. The van der Waals surface area contributed by atoms with E-state index in [1.807, 2.05) is 24.3 Å². The van der Waals surface area contributed by atoms with E-state index in [0.29, 0.717) is 17.1 Å². The predicted octanol–water partition coefficient (Wildman–Crippen LogP) is 3.56. The number of anilines is 1. The molecule has 0 aliphatic heterocycles. The van der Waals surface area contributed by atoms with Crippen molar-refractivity contribution in [2.45, 2.75) is 45.6 Å². The Kier molecular flexibility index (Phi) is 3.24. The number of para-hydroxylation sites is 2. The maximum absolute atomic E-state index is 5.99. The van der Waals surface area contributed by atoms with Crippen molar-refractivity contribution in [1.29, 1.82) is 0 Å². The quantitative estimate of drug-likeness (QED) is 0.907. The molecule has 1 aliphatic rings. The maximum Gasteiger partial charge on any atom is 0.258 e. The van der Waals surface area contributed by atoms with Crippen LogP contribution in [0.25, 0.3) is 11.0 Å². The summed E-state index contributed by atoms with van der Waals surface area (Å²) in [5, 5.41) is 0. The Balaban J connectivity index is 1.79. The van der Waals surface area contributed by atoms with Gasteiger partial charge in [-0.25, -0.2) is 9.97 Å². The molecule has 4 heteroatoms. The average Bonchev–Trinajstić information content (AvgIpc) is 2.42. The molecular formula is C16H21N3O. The van der Waals surface area contributed by atoms with Gasteiger partial charge < -0.3 is 10.5 Å². The van der Waals surface area contributed by atoms with Gasteiger partial charge in [0, 0.05) is 0 Å². The molecule has 0 amide bonds. The van der Waals surface area contributed by atoms with Crippen molar-refractivity contribution in [2.75, 3.05) is 5.73 Å². The fourth-order valence-electron chi connectivity index (χ4n) is 2.73. The van der Waals surface area contributed by atoms with Crippen LogP contribution in [-0.2, 0) is 0 Å². The molecule has 2 N–H and O–H groups in total. The second kappa shape index (κ2) is 4.93. The molecule has 0 spiro atoms. The summed E-state index contributed by atoms with van der Waals surface area (Å²) in [6.07, 6.45) is 4.68. The zero-order valence-electron chi connectivity index (χ0n) is 12.1. The highest BCUT2D eigenvalue weighted by Gasteiger charge is 2.28. The molecule has 1 aromatic heterocycles. The van der Waals surface area contributed by atoms with E-state index in [9.17, 15) is 0 Å². The molecule has 0 atom stereocenters. The van der Waals surface area contributed by atoms with Crippen molar-refractivity contribution in [3.63, 3.8) is 0 Å². The largest absolute Gasteiger partial charge is 0.472 e. The van der Waals surface area contributed by atoms with Crippen LogP contribution in [0, 0.1) is 5.41 Å². The monoisotopic (exact) mass is 271 g/mol. The minimum absolute atomic E-state index is 0.209. The lowest BCUT2D eigenvalue weighted by Gasteiger charge is -2.34. The number of hydrogen-bond donors (Lipinski definition) is 1. The molecule has 3 rings (SSSR count). The highest BCUT2D eigenvalue weighted by Crippen LogP contribution is 2.37. The Morgan fingerprint density at radius 3 is 2.35 bits per heavy atom. The summed E-state index contributed by atoms with van der Waals surface area (Å²) in [4.78, 5) is 8.86. The fourth-order valence-corrected chi connectivity index (χ4v) is 2.73. The van der Waals surface area contributed by atoms with E-state index in [0.717, 1.165) is 23.9 Å². The standard InChI is InChI=1S/C16H21N3O/c1-16(2)9-7-11(8-10-16)20-15-14(17)18-12-5-3-4-6-13(12)19-15/h3-6,11H,7-10H2,1-2H3,(H2,17,18). The number of nitrogens with two attached hydrogens (primary N) is 1. The smallest absolute Gasteiger partial charge is 0.258 e. The number of nitrogen functional groups attached to an aromatic ring is 1. The third-order valence-electron chi connectivity index (χ3n) is 4.13. The first-order chi connectivity index (χ1) is 9.53. The number of hydrogen-bond acceptors (Lipinski definition) is 4. The number of aromatic nitrogens is 2. The molecule has 0 bridgehead atoms. The molecule has 106 valence electrons. The van der Waals surface area contributed by atoms with Crippen LogP contribution in [0.1, 0.15) is 39.5 Å². The molecule has 20 heavy (non-hydrogen) atoms. The summed E-state index contributed by atoms with van der Waals surface area (Å²) in [6.45, 7) is 4.63. The molecule has 0 unspecified atom stereocenters. The van der Waals surface area contributed by atoms with Gasteiger partial charge in [-0.05, 0) is 43.2 Å². The van der Waals surface area contributed by atoms with Crippen molar-refractivity contribution in [3.8, 4) is 5.88 Å². The van der Waals surface area contributed by atoms with Crippen molar-refractivity contribution in [1.82, 2.24) is 9.97 Å². The van der Waals surface area contributed by atoms with Crippen molar-refractivity contribution in [3.05, 3.63) is 24.3 Å². The molecule has 4 nitrogen and oxygen atoms in total. The summed E-state index contributed by atoms with van der Waals surface area (Å²) in [5.41, 5.74) is 8.02. The second-order valence-corrected chi connectivity index (χ2v) is 6.38. The molecule has 1 saturated carbocycles. The molecule has 1 aliphatic carbocycles. The van der Waals surface area contributed by atoms with Crippen LogP contribution in [0.15, 0.2) is 24.3 Å². The first-order valence-electron chi connectivity index (χ1n) is 7.22. The lowest BCUT2D eigenvalue weighted by molar-refractivity contribution is 0.0956. The molecule has 1 fully saturated rings. The Morgan fingerprint density at radius 1 is 1.10 bits per heavy atom. The Labute approximate surface area is 119 Å².